The molecule has 3 N–H and O–H groups in total. The molecule has 2 aromatic heterocycles. The van der Waals surface area contributed by atoms with Crippen LogP contribution in [0.3, 0.4) is 0 Å². The SMILES string of the molecule is NC(Cc1cnc[nH]1)c1nc(CC(F)(F)F)no1. The highest BCUT2D eigenvalue weighted by atomic mass is 19.4. The molecule has 0 aliphatic heterocycles. The van der Waals surface area contributed by atoms with Crippen LogP contribution in [0.4, 0.5) is 13.2 Å². The van der Waals surface area contributed by atoms with Crippen molar-refractivity contribution in [2.75, 3.05) is 0 Å². The third kappa shape index (κ3) is 3.29. The standard InChI is InChI=1S/C9H10F3N5O/c10-9(11,12)2-7-16-8(18-17-7)6(13)1-5-3-14-4-15-5/h3-4,6H,1-2,13H2,(H,14,15). The van der Waals surface area contributed by atoms with Crippen molar-refractivity contribution in [1.82, 2.24) is 20.1 Å². The molecule has 0 aliphatic carbocycles. The number of nitrogens with one attached hydrogen (secondary N) is 1. The lowest BCUT2D eigenvalue weighted by atomic mass is 10.2. The second kappa shape index (κ2) is 4.77. The van der Waals surface area contributed by atoms with E-state index in [9.17, 15) is 13.2 Å². The van der Waals surface area contributed by atoms with Crippen LogP contribution < -0.4 is 5.73 Å². The van der Waals surface area contributed by atoms with Gasteiger partial charge in [-0.2, -0.15) is 18.2 Å². The molecule has 18 heavy (non-hydrogen) atoms. The lowest BCUT2D eigenvalue weighted by molar-refractivity contribution is -0.128. The van der Waals surface area contributed by atoms with Gasteiger partial charge in [0, 0.05) is 18.3 Å². The zero-order valence-electron chi connectivity index (χ0n) is 9.11. The Morgan fingerprint density at radius 1 is 1.44 bits per heavy atom. The summed E-state index contributed by atoms with van der Waals surface area (Å²) in [6.45, 7) is 0. The number of nitrogens with zero attached hydrogens (tertiary/aromatic N) is 3. The number of nitrogens with two attached hydrogens (primary N) is 1. The minimum absolute atomic E-state index is 0.0242. The van der Waals surface area contributed by atoms with Gasteiger partial charge in [0.05, 0.1) is 12.4 Å². The van der Waals surface area contributed by atoms with E-state index >= 15 is 0 Å². The molecule has 0 bridgehead atoms. The average Bonchev–Trinajstić information content (AvgIpc) is 2.86. The molecule has 0 saturated heterocycles. The minimum Gasteiger partial charge on any atom is -0.348 e. The van der Waals surface area contributed by atoms with Crippen molar-refractivity contribution in [3.8, 4) is 0 Å². The Hall–Kier alpha value is -1.90. The third-order valence-electron chi connectivity index (χ3n) is 2.15. The van der Waals surface area contributed by atoms with Gasteiger partial charge in [-0.25, -0.2) is 4.98 Å². The molecule has 0 fully saturated rings. The van der Waals surface area contributed by atoms with E-state index in [2.05, 4.69) is 20.1 Å². The van der Waals surface area contributed by atoms with Crippen LogP contribution in [0.5, 0.6) is 0 Å². The number of alkyl halides is 3. The first-order valence-electron chi connectivity index (χ1n) is 5.06. The predicted octanol–water partition coefficient (Wildman–Crippen LogP) is 1.14. The molecule has 0 aromatic carbocycles. The maximum atomic E-state index is 12.1. The lowest BCUT2D eigenvalue weighted by Crippen LogP contribution is -2.15. The largest absolute Gasteiger partial charge is 0.396 e. The van der Waals surface area contributed by atoms with Gasteiger partial charge in [-0.3, -0.25) is 0 Å². The van der Waals surface area contributed by atoms with E-state index < -0.39 is 24.5 Å². The van der Waals surface area contributed by atoms with Crippen molar-refractivity contribution in [2.45, 2.75) is 25.1 Å². The summed E-state index contributed by atoms with van der Waals surface area (Å²) >= 11 is 0. The second-order valence-corrected chi connectivity index (χ2v) is 3.73. The highest BCUT2D eigenvalue weighted by Crippen LogP contribution is 2.20. The fourth-order valence-corrected chi connectivity index (χ4v) is 1.39. The highest BCUT2D eigenvalue weighted by Gasteiger charge is 2.31. The van der Waals surface area contributed by atoms with Crippen LogP contribution in [0.1, 0.15) is 23.5 Å². The molecule has 2 rings (SSSR count). The molecule has 0 saturated carbocycles. The number of hydrogen-bond donors (Lipinski definition) is 2. The van der Waals surface area contributed by atoms with Gasteiger partial charge in [-0.1, -0.05) is 5.16 Å². The van der Waals surface area contributed by atoms with Crippen molar-refractivity contribution >= 4 is 0 Å². The summed E-state index contributed by atoms with van der Waals surface area (Å²) in [6.07, 6.45) is -2.23. The second-order valence-electron chi connectivity index (χ2n) is 3.73. The maximum absolute atomic E-state index is 12.1. The van der Waals surface area contributed by atoms with E-state index in [4.69, 9.17) is 10.3 Å². The van der Waals surface area contributed by atoms with Gasteiger partial charge in [0.1, 0.15) is 6.42 Å². The molecule has 0 radical (unpaired) electrons. The first kappa shape index (κ1) is 12.6. The van der Waals surface area contributed by atoms with Crippen LogP contribution in [0.15, 0.2) is 17.0 Å². The molecule has 98 valence electrons. The van der Waals surface area contributed by atoms with E-state index in [0.717, 1.165) is 5.69 Å². The van der Waals surface area contributed by atoms with Crippen molar-refractivity contribution in [3.05, 3.63) is 29.9 Å². The van der Waals surface area contributed by atoms with Crippen molar-refractivity contribution in [2.24, 2.45) is 5.73 Å². The summed E-state index contributed by atoms with van der Waals surface area (Å²) in [5, 5.41) is 3.24. The van der Waals surface area contributed by atoms with Crippen molar-refractivity contribution in [3.63, 3.8) is 0 Å². The van der Waals surface area contributed by atoms with Crippen LogP contribution in [0.2, 0.25) is 0 Å². The summed E-state index contributed by atoms with van der Waals surface area (Å²) in [5.74, 6) is -0.443. The number of aromatic nitrogens is 4. The average molecular weight is 261 g/mol. The van der Waals surface area contributed by atoms with Gasteiger partial charge in [-0.05, 0) is 0 Å². The number of rotatable bonds is 4. The Balaban J connectivity index is 2.01. The Bertz CT molecular complexity index is 493. The van der Waals surface area contributed by atoms with E-state index in [1.807, 2.05) is 0 Å². The van der Waals surface area contributed by atoms with E-state index in [1.165, 1.54) is 6.33 Å². The molecule has 1 unspecified atom stereocenters. The molecule has 0 aliphatic rings. The number of hydrogen-bond acceptors (Lipinski definition) is 5. The molecule has 9 heteroatoms. The third-order valence-corrected chi connectivity index (χ3v) is 2.15. The van der Waals surface area contributed by atoms with E-state index in [-0.39, 0.29) is 5.89 Å². The number of halogens is 3. The minimum atomic E-state index is -4.37. The van der Waals surface area contributed by atoms with Gasteiger partial charge in [-0.15, -0.1) is 0 Å². The van der Waals surface area contributed by atoms with Gasteiger partial charge < -0.3 is 15.2 Å². The highest BCUT2D eigenvalue weighted by molar-refractivity contribution is 5.02. The molecule has 0 spiro atoms. The van der Waals surface area contributed by atoms with Crippen molar-refractivity contribution in [1.29, 1.82) is 0 Å². The Kier molecular flexibility index (Phi) is 3.32. The quantitative estimate of drug-likeness (QED) is 0.860. The molecular weight excluding hydrogens is 251 g/mol. The van der Waals surface area contributed by atoms with Crippen LogP contribution in [-0.4, -0.2) is 26.3 Å². The van der Waals surface area contributed by atoms with Crippen LogP contribution in [-0.2, 0) is 12.8 Å². The van der Waals surface area contributed by atoms with Gasteiger partial charge in [0.25, 0.3) is 0 Å². The normalized spacial score (nSPS) is 13.8. The Morgan fingerprint density at radius 2 is 2.22 bits per heavy atom. The number of imidazole rings is 1. The Morgan fingerprint density at radius 3 is 2.83 bits per heavy atom. The first-order valence-corrected chi connectivity index (χ1v) is 5.06. The summed E-state index contributed by atoms with van der Waals surface area (Å²) in [7, 11) is 0. The number of H-pyrrole nitrogens is 1. The van der Waals surface area contributed by atoms with Gasteiger partial charge in [0.15, 0.2) is 5.82 Å². The fraction of sp³-hybridized carbons (Fsp3) is 0.444. The fourth-order valence-electron chi connectivity index (χ4n) is 1.39. The Labute approximate surface area is 99.4 Å². The summed E-state index contributed by atoms with van der Waals surface area (Å²) in [4.78, 5) is 10.2. The lowest BCUT2D eigenvalue weighted by Gasteiger charge is -2.03. The maximum Gasteiger partial charge on any atom is 0.396 e. The molecule has 0 amide bonds. The summed E-state index contributed by atoms with van der Waals surface area (Å²) < 4.78 is 41.0. The van der Waals surface area contributed by atoms with Crippen LogP contribution in [0.25, 0.3) is 0 Å². The molecule has 6 nitrogen and oxygen atoms in total. The van der Waals surface area contributed by atoms with Crippen molar-refractivity contribution < 1.29 is 17.7 Å². The first-order chi connectivity index (χ1) is 8.44. The molecular formula is C9H10F3N5O. The van der Waals surface area contributed by atoms with Gasteiger partial charge in [0.2, 0.25) is 5.89 Å². The van der Waals surface area contributed by atoms with Crippen LogP contribution in [0, 0.1) is 0 Å². The zero-order chi connectivity index (χ0) is 13.2. The smallest absolute Gasteiger partial charge is 0.348 e. The summed E-state index contributed by atoms with van der Waals surface area (Å²) in [5.41, 5.74) is 6.47. The number of aromatic amines is 1. The van der Waals surface area contributed by atoms with E-state index in [1.54, 1.807) is 6.20 Å². The molecule has 2 heterocycles. The monoisotopic (exact) mass is 261 g/mol. The summed E-state index contributed by atoms with van der Waals surface area (Å²) in [6, 6.07) is -0.667. The van der Waals surface area contributed by atoms with Crippen LogP contribution >= 0.6 is 0 Å². The topological polar surface area (TPSA) is 93.6 Å². The zero-order valence-corrected chi connectivity index (χ0v) is 9.11. The molecule has 1 atom stereocenters. The molecule has 2 aromatic rings. The van der Waals surface area contributed by atoms with E-state index in [0.29, 0.717) is 6.42 Å². The van der Waals surface area contributed by atoms with Gasteiger partial charge >= 0.3 is 6.18 Å². The predicted molar refractivity (Wildman–Crippen MR) is 53.3 cm³/mol.